The van der Waals surface area contributed by atoms with Gasteiger partial charge in [0, 0.05) is 5.69 Å². The molecule has 0 radical (unpaired) electrons. The van der Waals surface area contributed by atoms with Crippen molar-refractivity contribution in [1.29, 1.82) is 0 Å². The van der Waals surface area contributed by atoms with Gasteiger partial charge in [-0.3, -0.25) is 14.5 Å². The Hall–Kier alpha value is -2.60. The van der Waals surface area contributed by atoms with Crippen LogP contribution in [0.5, 0.6) is 0 Å². The van der Waals surface area contributed by atoms with Crippen LogP contribution in [0, 0.1) is 5.82 Å². The third-order valence-electron chi connectivity index (χ3n) is 4.12. The lowest BCUT2D eigenvalue weighted by molar-refractivity contribution is -0.125. The summed E-state index contributed by atoms with van der Waals surface area (Å²) in [4.78, 5) is 26.7. The number of hydrogen-bond donors (Lipinski definition) is 2. The fourth-order valence-corrected chi connectivity index (χ4v) is 2.94. The van der Waals surface area contributed by atoms with Crippen molar-refractivity contribution in [3.63, 3.8) is 0 Å². The second kappa shape index (κ2) is 6.37. The van der Waals surface area contributed by atoms with Crippen LogP contribution in [0.3, 0.4) is 0 Å². The van der Waals surface area contributed by atoms with E-state index < -0.39 is 11.4 Å². The number of hydrogen-bond acceptors (Lipinski definition) is 3. The first-order valence-corrected chi connectivity index (χ1v) is 8.11. The largest absolute Gasteiger partial charge is 0.376 e. The molecule has 0 saturated carbocycles. The molecule has 5 nitrogen and oxygen atoms in total. The Labute approximate surface area is 149 Å². The van der Waals surface area contributed by atoms with E-state index in [-0.39, 0.29) is 23.4 Å². The number of nitrogens with zero attached hydrogens (tertiary/aromatic N) is 1. The van der Waals surface area contributed by atoms with E-state index in [2.05, 4.69) is 10.6 Å². The van der Waals surface area contributed by atoms with Crippen molar-refractivity contribution in [3.05, 3.63) is 53.3 Å². The molecular formula is C18H17ClFN3O2. The number of fused-ring (bicyclic) bond motifs is 1. The van der Waals surface area contributed by atoms with E-state index in [1.54, 1.807) is 38.1 Å². The molecule has 25 heavy (non-hydrogen) atoms. The topological polar surface area (TPSA) is 61.4 Å². The Balaban J connectivity index is 1.84. The number of benzene rings is 2. The highest BCUT2D eigenvalue weighted by Crippen LogP contribution is 2.36. The average molecular weight is 362 g/mol. The van der Waals surface area contributed by atoms with Crippen LogP contribution in [0.4, 0.5) is 21.5 Å². The van der Waals surface area contributed by atoms with Crippen molar-refractivity contribution < 1.29 is 14.0 Å². The molecule has 2 amide bonds. The van der Waals surface area contributed by atoms with Crippen LogP contribution in [0.25, 0.3) is 0 Å². The van der Waals surface area contributed by atoms with Crippen molar-refractivity contribution in [2.24, 2.45) is 0 Å². The van der Waals surface area contributed by atoms with Gasteiger partial charge in [-0.1, -0.05) is 23.7 Å². The Morgan fingerprint density at radius 1 is 1.28 bits per heavy atom. The lowest BCUT2D eigenvalue weighted by Crippen LogP contribution is -2.59. The van der Waals surface area contributed by atoms with Gasteiger partial charge in [-0.15, -0.1) is 0 Å². The fourth-order valence-electron chi connectivity index (χ4n) is 2.76. The SMILES string of the molecule is CC1(C)C(=O)Nc2ccccc2N1C(=O)CNc1ccc(F)c(Cl)c1. The molecule has 0 unspecified atom stereocenters. The molecule has 2 aromatic carbocycles. The van der Waals surface area contributed by atoms with E-state index in [0.717, 1.165) is 0 Å². The van der Waals surface area contributed by atoms with Gasteiger partial charge in [0.2, 0.25) is 11.8 Å². The minimum atomic E-state index is -1.03. The number of carbonyl (C=O) groups is 2. The van der Waals surface area contributed by atoms with Crippen molar-refractivity contribution in [2.45, 2.75) is 19.4 Å². The molecule has 1 aliphatic heterocycles. The van der Waals surface area contributed by atoms with Crippen LogP contribution in [0.2, 0.25) is 5.02 Å². The Morgan fingerprint density at radius 2 is 2.00 bits per heavy atom. The van der Waals surface area contributed by atoms with Gasteiger partial charge < -0.3 is 10.6 Å². The van der Waals surface area contributed by atoms with Gasteiger partial charge in [0.15, 0.2) is 0 Å². The number of anilines is 3. The molecule has 1 aliphatic rings. The summed E-state index contributed by atoms with van der Waals surface area (Å²) >= 11 is 5.75. The fraction of sp³-hybridized carbons (Fsp3) is 0.222. The molecule has 2 aromatic rings. The molecule has 3 rings (SSSR count). The molecule has 0 aliphatic carbocycles. The molecular weight excluding hydrogens is 345 g/mol. The van der Waals surface area contributed by atoms with Crippen molar-refractivity contribution in [1.82, 2.24) is 0 Å². The summed E-state index contributed by atoms with van der Waals surface area (Å²) in [5.41, 5.74) is 0.710. The Bertz CT molecular complexity index is 854. The molecule has 0 bridgehead atoms. The second-order valence-corrected chi connectivity index (χ2v) is 6.65. The molecule has 2 N–H and O–H groups in total. The predicted molar refractivity (Wildman–Crippen MR) is 96.5 cm³/mol. The maximum absolute atomic E-state index is 13.2. The predicted octanol–water partition coefficient (Wildman–Crippen LogP) is 3.65. The lowest BCUT2D eigenvalue weighted by atomic mass is 9.96. The summed E-state index contributed by atoms with van der Waals surface area (Å²) in [6.45, 7) is 3.31. The van der Waals surface area contributed by atoms with Gasteiger partial charge in [0.1, 0.15) is 11.4 Å². The van der Waals surface area contributed by atoms with Crippen molar-refractivity contribution in [3.8, 4) is 0 Å². The van der Waals surface area contributed by atoms with Crippen LogP contribution >= 0.6 is 11.6 Å². The van der Waals surface area contributed by atoms with Gasteiger partial charge in [-0.2, -0.15) is 0 Å². The van der Waals surface area contributed by atoms with E-state index in [0.29, 0.717) is 17.1 Å². The summed E-state index contributed by atoms with van der Waals surface area (Å²) in [7, 11) is 0. The maximum Gasteiger partial charge on any atom is 0.250 e. The zero-order valence-electron chi connectivity index (χ0n) is 13.8. The normalized spacial score (nSPS) is 15.4. The van der Waals surface area contributed by atoms with Crippen LogP contribution in [0.15, 0.2) is 42.5 Å². The molecule has 1 heterocycles. The van der Waals surface area contributed by atoms with Gasteiger partial charge in [0.05, 0.1) is 22.9 Å². The van der Waals surface area contributed by atoms with Gasteiger partial charge in [0.25, 0.3) is 0 Å². The highest BCUT2D eigenvalue weighted by atomic mass is 35.5. The first-order chi connectivity index (χ1) is 11.8. The third kappa shape index (κ3) is 3.17. The molecule has 0 fully saturated rings. The number of carbonyl (C=O) groups excluding carboxylic acids is 2. The number of nitrogens with one attached hydrogen (secondary N) is 2. The molecule has 130 valence electrons. The van der Waals surface area contributed by atoms with Crippen molar-refractivity contribution >= 4 is 40.5 Å². The first kappa shape index (κ1) is 17.2. The zero-order chi connectivity index (χ0) is 18.2. The smallest absolute Gasteiger partial charge is 0.250 e. The number of amides is 2. The average Bonchev–Trinajstić information content (AvgIpc) is 2.56. The van der Waals surface area contributed by atoms with Crippen LogP contribution in [-0.2, 0) is 9.59 Å². The summed E-state index contributed by atoms with van der Waals surface area (Å²) in [5.74, 6) is -1.07. The third-order valence-corrected chi connectivity index (χ3v) is 4.41. The molecule has 0 aromatic heterocycles. The van der Waals surface area contributed by atoms with Gasteiger partial charge in [-0.05, 0) is 44.2 Å². The van der Waals surface area contributed by atoms with Crippen LogP contribution in [0.1, 0.15) is 13.8 Å². The monoisotopic (exact) mass is 361 g/mol. The first-order valence-electron chi connectivity index (χ1n) is 7.73. The van der Waals surface area contributed by atoms with Crippen molar-refractivity contribution in [2.75, 3.05) is 22.1 Å². The maximum atomic E-state index is 13.2. The highest BCUT2D eigenvalue weighted by molar-refractivity contribution is 6.31. The second-order valence-electron chi connectivity index (χ2n) is 6.24. The molecule has 0 spiro atoms. The van der Waals surface area contributed by atoms with E-state index >= 15 is 0 Å². The van der Waals surface area contributed by atoms with E-state index in [4.69, 9.17) is 11.6 Å². The lowest BCUT2D eigenvalue weighted by Gasteiger charge is -2.42. The van der Waals surface area contributed by atoms with Crippen LogP contribution in [-0.4, -0.2) is 23.9 Å². The van der Waals surface area contributed by atoms with E-state index in [9.17, 15) is 14.0 Å². The number of rotatable bonds is 3. The standard InChI is InChI=1S/C18H17ClFN3O2/c1-18(2)17(25)22-14-5-3-4-6-15(14)23(18)16(24)10-21-11-7-8-13(20)12(19)9-11/h3-9,21H,10H2,1-2H3,(H,22,25). The highest BCUT2D eigenvalue weighted by Gasteiger charge is 2.43. The quantitative estimate of drug-likeness (QED) is 0.877. The van der Waals surface area contributed by atoms with Gasteiger partial charge >= 0.3 is 0 Å². The minimum Gasteiger partial charge on any atom is -0.376 e. The number of para-hydroxylation sites is 2. The minimum absolute atomic E-state index is 0.0273. The summed E-state index contributed by atoms with van der Waals surface area (Å²) in [6.07, 6.45) is 0. The molecule has 7 heteroatoms. The van der Waals surface area contributed by atoms with E-state index in [1.807, 2.05) is 0 Å². The summed E-state index contributed by atoms with van der Waals surface area (Å²) < 4.78 is 13.2. The zero-order valence-corrected chi connectivity index (χ0v) is 14.5. The Morgan fingerprint density at radius 3 is 2.72 bits per heavy atom. The van der Waals surface area contributed by atoms with Gasteiger partial charge in [-0.25, -0.2) is 4.39 Å². The summed E-state index contributed by atoms with van der Waals surface area (Å²) in [5, 5.41) is 5.70. The van der Waals surface area contributed by atoms with Crippen LogP contribution < -0.4 is 15.5 Å². The molecule has 0 atom stereocenters. The summed E-state index contributed by atoms with van der Waals surface area (Å²) in [6, 6.07) is 11.3. The molecule has 0 saturated heterocycles. The van der Waals surface area contributed by atoms with E-state index in [1.165, 1.54) is 23.1 Å². The number of halogens is 2. The Kier molecular flexibility index (Phi) is 4.39.